The highest BCUT2D eigenvalue weighted by Gasteiger charge is 2.23. The summed E-state index contributed by atoms with van der Waals surface area (Å²) in [5, 5.41) is 3.12. The molecule has 2 rings (SSSR count). The molecule has 0 bridgehead atoms. The van der Waals surface area contributed by atoms with E-state index >= 15 is 0 Å². The minimum absolute atomic E-state index is 0.272. The van der Waals surface area contributed by atoms with Gasteiger partial charge in [0, 0.05) is 18.8 Å². The number of hydrogen-bond acceptors (Lipinski definition) is 3. The minimum atomic E-state index is -0.281. The Balaban J connectivity index is 2.07. The smallest absolute Gasteiger partial charge is 0.236 e. The molecule has 1 unspecified atom stereocenters. The van der Waals surface area contributed by atoms with Crippen molar-refractivity contribution in [2.75, 3.05) is 24.5 Å². The summed E-state index contributed by atoms with van der Waals surface area (Å²) in [5.41, 5.74) is 7.98. The van der Waals surface area contributed by atoms with E-state index in [0.29, 0.717) is 6.54 Å². The van der Waals surface area contributed by atoms with Gasteiger partial charge in [0.2, 0.25) is 5.91 Å². The second-order valence-electron chi connectivity index (χ2n) is 4.34. The normalized spacial score (nSPS) is 15.7. The molecule has 0 saturated heterocycles. The molecule has 0 aliphatic carbocycles. The van der Waals surface area contributed by atoms with Crippen molar-refractivity contribution in [3.05, 3.63) is 29.8 Å². The second-order valence-corrected chi connectivity index (χ2v) is 4.34. The van der Waals surface area contributed by atoms with Crippen molar-refractivity contribution >= 4 is 11.6 Å². The van der Waals surface area contributed by atoms with Crippen LogP contribution < -0.4 is 16.0 Å². The summed E-state index contributed by atoms with van der Waals surface area (Å²) in [6.07, 6.45) is 1.05. The summed E-state index contributed by atoms with van der Waals surface area (Å²) in [5.74, 6) is -0.281. The summed E-state index contributed by atoms with van der Waals surface area (Å²) >= 11 is 0. The van der Waals surface area contributed by atoms with Crippen LogP contribution in [0, 0.1) is 0 Å². The number of carbonyl (C=O) groups is 1. The first kappa shape index (κ1) is 11.9. The Hall–Kier alpha value is -1.55. The first-order valence-electron chi connectivity index (χ1n) is 6.08. The van der Waals surface area contributed by atoms with E-state index in [9.17, 15) is 4.79 Å². The zero-order valence-electron chi connectivity index (χ0n) is 10.1. The summed E-state index contributed by atoms with van der Waals surface area (Å²) in [4.78, 5) is 13.6. The Morgan fingerprint density at radius 1 is 1.53 bits per heavy atom. The number of amides is 1. The van der Waals surface area contributed by atoms with Gasteiger partial charge in [0.25, 0.3) is 0 Å². The Kier molecular flexibility index (Phi) is 3.64. The van der Waals surface area contributed by atoms with Gasteiger partial charge < -0.3 is 16.0 Å². The minimum Gasteiger partial charge on any atom is -0.369 e. The van der Waals surface area contributed by atoms with Gasteiger partial charge in [-0.25, -0.2) is 0 Å². The predicted molar refractivity (Wildman–Crippen MR) is 69.0 cm³/mol. The molecule has 0 radical (unpaired) electrons. The molecule has 4 heteroatoms. The van der Waals surface area contributed by atoms with Gasteiger partial charge >= 0.3 is 0 Å². The molecule has 1 aliphatic rings. The van der Waals surface area contributed by atoms with Gasteiger partial charge in [-0.15, -0.1) is 0 Å². The molecule has 3 N–H and O–H groups in total. The molecule has 92 valence electrons. The topological polar surface area (TPSA) is 58.4 Å². The van der Waals surface area contributed by atoms with Gasteiger partial charge in [-0.05, 0) is 24.6 Å². The van der Waals surface area contributed by atoms with E-state index in [1.54, 1.807) is 0 Å². The fraction of sp³-hybridized carbons (Fsp3) is 0.462. The van der Waals surface area contributed by atoms with Crippen LogP contribution in [-0.2, 0) is 11.2 Å². The van der Waals surface area contributed by atoms with Crippen LogP contribution in [0.1, 0.15) is 12.5 Å². The van der Waals surface area contributed by atoms with Gasteiger partial charge in [0.05, 0.1) is 0 Å². The first-order valence-corrected chi connectivity index (χ1v) is 6.08. The number of likely N-dealkylation sites (N-methyl/N-ethyl adjacent to an activating group) is 1. The van der Waals surface area contributed by atoms with E-state index < -0.39 is 0 Å². The number of nitrogens with zero attached hydrogens (tertiary/aromatic N) is 1. The standard InChI is InChI=1S/C13H19N3O/c1-2-15-11(13(14)17)9-16-8-7-10-5-3-4-6-12(10)16/h3-6,11,15H,2,7-9H2,1H3,(H2,14,17). The first-order chi connectivity index (χ1) is 8.22. The zero-order chi connectivity index (χ0) is 12.3. The molecule has 0 aromatic heterocycles. The Labute approximate surface area is 102 Å². The molecule has 1 aromatic carbocycles. The monoisotopic (exact) mass is 233 g/mol. The summed E-state index contributed by atoms with van der Waals surface area (Å²) in [6.45, 7) is 4.35. The van der Waals surface area contributed by atoms with Gasteiger partial charge in [-0.1, -0.05) is 25.1 Å². The van der Waals surface area contributed by atoms with Crippen molar-refractivity contribution in [1.29, 1.82) is 0 Å². The lowest BCUT2D eigenvalue weighted by Gasteiger charge is -2.24. The van der Waals surface area contributed by atoms with Crippen molar-refractivity contribution in [2.24, 2.45) is 5.73 Å². The van der Waals surface area contributed by atoms with Crippen molar-refractivity contribution in [3.63, 3.8) is 0 Å². The summed E-state index contributed by atoms with van der Waals surface area (Å²) in [6, 6.07) is 8.06. The van der Waals surface area contributed by atoms with Crippen molar-refractivity contribution in [2.45, 2.75) is 19.4 Å². The van der Waals surface area contributed by atoms with Crippen molar-refractivity contribution < 1.29 is 4.79 Å². The maximum absolute atomic E-state index is 11.3. The van der Waals surface area contributed by atoms with Crippen LogP contribution in [-0.4, -0.2) is 31.6 Å². The molecular formula is C13H19N3O. The number of primary amides is 1. The lowest BCUT2D eigenvalue weighted by Crippen LogP contribution is -2.48. The number of nitrogens with two attached hydrogens (primary N) is 1. The average molecular weight is 233 g/mol. The third kappa shape index (κ3) is 2.58. The maximum atomic E-state index is 11.3. The molecule has 0 saturated carbocycles. The average Bonchev–Trinajstić information content (AvgIpc) is 2.72. The van der Waals surface area contributed by atoms with Gasteiger partial charge in [-0.2, -0.15) is 0 Å². The number of nitrogens with one attached hydrogen (secondary N) is 1. The molecule has 17 heavy (non-hydrogen) atoms. The van der Waals surface area contributed by atoms with Crippen LogP contribution in [0.4, 0.5) is 5.69 Å². The molecule has 0 spiro atoms. The van der Waals surface area contributed by atoms with Crippen LogP contribution in [0.15, 0.2) is 24.3 Å². The lowest BCUT2D eigenvalue weighted by atomic mass is 10.2. The van der Waals surface area contributed by atoms with Gasteiger partial charge in [-0.3, -0.25) is 4.79 Å². The zero-order valence-corrected chi connectivity index (χ0v) is 10.1. The number of hydrogen-bond donors (Lipinski definition) is 2. The Morgan fingerprint density at radius 2 is 2.29 bits per heavy atom. The van der Waals surface area contributed by atoms with Crippen molar-refractivity contribution in [1.82, 2.24) is 5.32 Å². The number of fused-ring (bicyclic) bond motifs is 1. The molecule has 1 aromatic rings. The van der Waals surface area contributed by atoms with E-state index in [4.69, 9.17) is 5.73 Å². The fourth-order valence-corrected chi connectivity index (χ4v) is 2.32. The molecular weight excluding hydrogens is 214 g/mol. The summed E-state index contributed by atoms with van der Waals surface area (Å²) < 4.78 is 0. The third-order valence-corrected chi connectivity index (χ3v) is 3.18. The molecule has 1 amide bonds. The maximum Gasteiger partial charge on any atom is 0.236 e. The van der Waals surface area contributed by atoms with Crippen molar-refractivity contribution in [3.8, 4) is 0 Å². The highest BCUT2D eigenvalue weighted by Crippen LogP contribution is 2.27. The SMILES string of the molecule is CCNC(CN1CCc2ccccc21)C(N)=O. The van der Waals surface area contributed by atoms with Crippen LogP contribution in [0.3, 0.4) is 0 Å². The van der Waals surface area contributed by atoms with E-state index in [-0.39, 0.29) is 11.9 Å². The van der Waals surface area contributed by atoms with Gasteiger partial charge in [0.15, 0.2) is 0 Å². The van der Waals surface area contributed by atoms with E-state index in [1.807, 2.05) is 13.0 Å². The van der Waals surface area contributed by atoms with E-state index in [0.717, 1.165) is 19.5 Å². The number of carbonyl (C=O) groups excluding carboxylic acids is 1. The highest BCUT2D eigenvalue weighted by molar-refractivity contribution is 5.81. The largest absolute Gasteiger partial charge is 0.369 e. The number of para-hydroxylation sites is 1. The Morgan fingerprint density at radius 3 is 3.00 bits per heavy atom. The lowest BCUT2D eigenvalue weighted by molar-refractivity contribution is -0.119. The molecule has 4 nitrogen and oxygen atoms in total. The van der Waals surface area contributed by atoms with Crippen LogP contribution in [0.2, 0.25) is 0 Å². The van der Waals surface area contributed by atoms with Crippen LogP contribution in [0.5, 0.6) is 0 Å². The summed E-state index contributed by atoms with van der Waals surface area (Å²) in [7, 11) is 0. The molecule has 1 heterocycles. The predicted octanol–water partition coefficient (Wildman–Crippen LogP) is 0.512. The fourth-order valence-electron chi connectivity index (χ4n) is 2.32. The van der Waals surface area contributed by atoms with Gasteiger partial charge in [0.1, 0.15) is 6.04 Å². The number of rotatable bonds is 5. The highest BCUT2D eigenvalue weighted by atomic mass is 16.1. The van der Waals surface area contributed by atoms with E-state index in [1.165, 1.54) is 11.3 Å². The second kappa shape index (κ2) is 5.19. The Bertz CT molecular complexity index is 405. The molecule has 1 atom stereocenters. The van der Waals surface area contributed by atoms with Crippen LogP contribution >= 0.6 is 0 Å². The van der Waals surface area contributed by atoms with E-state index in [2.05, 4.69) is 28.4 Å². The number of benzene rings is 1. The van der Waals surface area contributed by atoms with Crippen LogP contribution in [0.25, 0.3) is 0 Å². The third-order valence-electron chi connectivity index (χ3n) is 3.18. The molecule has 1 aliphatic heterocycles. The quantitative estimate of drug-likeness (QED) is 0.779. The number of anilines is 1. The molecule has 0 fully saturated rings.